The summed E-state index contributed by atoms with van der Waals surface area (Å²) in [7, 11) is 0. The standard InChI is InChI=1S/C22H27N5O6/c1-21(2,3)32-19(28)25-18(26-20(29)33-22(4,5)6)24-15-10-7-9-14(13-15)17-16(27(30)31)11-8-12-23-17/h7-13H,1-6H3,(H2,24,25,26,28,29). The molecule has 11 heteroatoms. The maximum absolute atomic E-state index is 12.2. The maximum atomic E-state index is 12.2. The van der Waals surface area contributed by atoms with Crippen LogP contribution in [0.2, 0.25) is 0 Å². The molecule has 2 rings (SSSR count). The van der Waals surface area contributed by atoms with Crippen LogP contribution in [0.5, 0.6) is 0 Å². The minimum absolute atomic E-state index is 0.154. The summed E-state index contributed by atoms with van der Waals surface area (Å²) in [5, 5.41) is 16.1. The van der Waals surface area contributed by atoms with Crippen LogP contribution in [0.25, 0.3) is 11.3 Å². The molecule has 0 saturated heterocycles. The van der Waals surface area contributed by atoms with Gasteiger partial charge < -0.3 is 9.47 Å². The van der Waals surface area contributed by atoms with Gasteiger partial charge in [-0.15, -0.1) is 0 Å². The Bertz CT molecular complexity index is 1040. The molecule has 2 aromatic rings. The van der Waals surface area contributed by atoms with Crippen molar-refractivity contribution in [2.75, 3.05) is 0 Å². The zero-order valence-electron chi connectivity index (χ0n) is 19.3. The smallest absolute Gasteiger partial charge is 0.414 e. The van der Waals surface area contributed by atoms with E-state index in [1.54, 1.807) is 59.7 Å². The number of ether oxygens (including phenoxy) is 2. The predicted octanol–water partition coefficient (Wildman–Crippen LogP) is 4.69. The lowest BCUT2D eigenvalue weighted by Crippen LogP contribution is -2.47. The van der Waals surface area contributed by atoms with Crippen molar-refractivity contribution in [2.45, 2.75) is 52.7 Å². The van der Waals surface area contributed by atoms with Crippen molar-refractivity contribution in [2.24, 2.45) is 4.99 Å². The number of alkyl carbamates (subject to hydrolysis) is 2. The summed E-state index contributed by atoms with van der Waals surface area (Å²) in [4.78, 5) is 43.7. The van der Waals surface area contributed by atoms with E-state index in [0.29, 0.717) is 5.56 Å². The number of nitro groups is 1. The Kier molecular flexibility index (Phi) is 7.70. The largest absolute Gasteiger partial charge is 0.444 e. The van der Waals surface area contributed by atoms with Crippen LogP contribution in [-0.2, 0) is 9.47 Å². The first-order valence-corrected chi connectivity index (χ1v) is 10.0. The minimum atomic E-state index is -0.839. The normalized spacial score (nSPS) is 11.2. The van der Waals surface area contributed by atoms with Crippen LogP contribution in [0.4, 0.5) is 21.0 Å². The summed E-state index contributed by atoms with van der Waals surface area (Å²) in [6.45, 7) is 10.1. The fraction of sp³-hybridized carbons (Fsp3) is 0.364. The van der Waals surface area contributed by atoms with Crippen molar-refractivity contribution in [3.05, 3.63) is 52.7 Å². The van der Waals surface area contributed by atoms with Gasteiger partial charge in [0.1, 0.15) is 16.9 Å². The van der Waals surface area contributed by atoms with Crippen LogP contribution in [0.3, 0.4) is 0 Å². The van der Waals surface area contributed by atoms with E-state index in [0.717, 1.165) is 0 Å². The molecule has 2 N–H and O–H groups in total. The van der Waals surface area contributed by atoms with E-state index >= 15 is 0 Å². The highest BCUT2D eigenvalue weighted by atomic mass is 16.6. The van der Waals surface area contributed by atoms with Gasteiger partial charge in [0.25, 0.3) is 5.69 Å². The molecule has 1 heterocycles. The van der Waals surface area contributed by atoms with Crippen molar-refractivity contribution in [3.8, 4) is 11.3 Å². The second kappa shape index (κ2) is 10.1. The molecule has 0 spiro atoms. The average molecular weight is 457 g/mol. The molecule has 0 saturated carbocycles. The van der Waals surface area contributed by atoms with E-state index in [9.17, 15) is 19.7 Å². The van der Waals surface area contributed by atoms with E-state index < -0.39 is 28.3 Å². The van der Waals surface area contributed by atoms with Crippen LogP contribution in [0.15, 0.2) is 47.6 Å². The molecule has 0 aliphatic heterocycles. The van der Waals surface area contributed by atoms with Crippen molar-refractivity contribution < 1.29 is 24.0 Å². The van der Waals surface area contributed by atoms with Gasteiger partial charge in [-0.3, -0.25) is 20.7 Å². The lowest BCUT2D eigenvalue weighted by Gasteiger charge is -2.22. The van der Waals surface area contributed by atoms with Crippen LogP contribution < -0.4 is 10.6 Å². The molecule has 176 valence electrons. The molecule has 0 atom stereocenters. The number of nitrogens with one attached hydrogen (secondary N) is 2. The number of hydrogen-bond donors (Lipinski definition) is 2. The number of hydrogen-bond acceptors (Lipinski definition) is 8. The van der Waals surface area contributed by atoms with E-state index in [4.69, 9.17) is 9.47 Å². The molecule has 0 fully saturated rings. The zero-order chi connectivity index (χ0) is 24.8. The SMILES string of the molecule is CC(C)(C)OC(=O)NC(=Nc1cccc(-c2ncccc2[N+](=O)[O-])c1)NC(=O)OC(C)(C)C. The van der Waals surface area contributed by atoms with Gasteiger partial charge in [0.05, 0.1) is 10.6 Å². The fourth-order valence-corrected chi connectivity index (χ4v) is 2.51. The average Bonchev–Trinajstić information content (AvgIpc) is 2.65. The lowest BCUT2D eigenvalue weighted by atomic mass is 10.1. The van der Waals surface area contributed by atoms with Crippen molar-refractivity contribution in [1.29, 1.82) is 0 Å². The van der Waals surface area contributed by atoms with E-state index in [1.165, 1.54) is 24.4 Å². The highest BCUT2D eigenvalue weighted by Crippen LogP contribution is 2.29. The highest BCUT2D eigenvalue weighted by molar-refractivity contribution is 6.02. The summed E-state index contributed by atoms with van der Waals surface area (Å²) >= 11 is 0. The molecular formula is C22H27N5O6. The van der Waals surface area contributed by atoms with Gasteiger partial charge in [0.15, 0.2) is 0 Å². The summed E-state index contributed by atoms with van der Waals surface area (Å²) in [6, 6.07) is 9.19. The molecule has 0 bridgehead atoms. The number of amides is 2. The topological polar surface area (TPSA) is 145 Å². The van der Waals surface area contributed by atoms with E-state index in [-0.39, 0.29) is 23.0 Å². The zero-order valence-corrected chi connectivity index (χ0v) is 19.3. The number of carbonyl (C=O) groups excluding carboxylic acids is 2. The molecule has 11 nitrogen and oxygen atoms in total. The molecule has 1 aromatic carbocycles. The number of guanidine groups is 1. The number of nitrogens with zero attached hydrogens (tertiary/aromatic N) is 3. The summed E-state index contributed by atoms with van der Waals surface area (Å²) in [5.74, 6) is -0.244. The summed E-state index contributed by atoms with van der Waals surface area (Å²) < 4.78 is 10.4. The maximum Gasteiger partial charge on any atom is 0.414 e. The Hall–Kier alpha value is -4.02. The van der Waals surface area contributed by atoms with Gasteiger partial charge in [0, 0.05) is 17.8 Å². The molecule has 0 radical (unpaired) electrons. The molecule has 0 aliphatic carbocycles. The van der Waals surface area contributed by atoms with Crippen LogP contribution in [-0.4, -0.2) is 39.3 Å². The number of aromatic nitrogens is 1. The second-order valence-electron chi connectivity index (χ2n) is 8.89. The first-order chi connectivity index (χ1) is 15.2. The van der Waals surface area contributed by atoms with Crippen LogP contribution >= 0.6 is 0 Å². The third-order valence-electron chi connectivity index (χ3n) is 3.58. The molecule has 2 amide bonds. The monoisotopic (exact) mass is 457 g/mol. The molecule has 0 aliphatic rings. The summed E-state index contributed by atoms with van der Waals surface area (Å²) in [5.41, 5.74) is -0.858. The van der Waals surface area contributed by atoms with Crippen molar-refractivity contribution in [1.82, 2.24) is 15.6 Å². The number of pyridine rings is 1. The molecule has 0 unspecified atom stereocenters. The van der Waals surface area contributed by atoms with Gasteiger partial charge in [0.2, 0.25) is 5.96 Å². The van der Waals surface area contributed by atoms with Crippen LogP contribution in [0.1, 0.15) is 41.5 Å². The van der Waals surface area contributed by atoms with Crippen molar-refractivity contribution in [3.63, 3.8) is 0 Å². The third kappa shape index (κ3) is 8.56. The van der Waals surface area contributed by atoms with Gasteiger partial charge in [-0.1, -0.05) is 12.1 Å². The predicted molar refractivity (Wildman–Crippen MR) is 122 cm³/mol. The van der Waals surface area contributed by atoms with Gasteiger partial charge >= 0.3 is 12.2 Å². The van der Waals surface area contributed by atoms with Gasteiger partial charge in [-0.2, -0.15) is 0 Å². The third-order valence-corrected chi connectivity index (χ3v) is 3.58. The number of rotatable bonds is 3. The molecule has 33 heavy (non-hydrogen) atoms. The second-order valence-corrected chi connectivity index (χ2v) is 8.89. The quantitative estimate of drug-likeness (QED) is 0.294. The van der Waals surface area contributed by atoms with E-state index in [2.05, 4.69) is 20.6 Å². The highest BCUT2D eigenvalue weighted by Gasteiger charge is 2.22. The molecular weight excluding hydrogens is 430 g/mol. The van der Waals surface area contributed by atoms with Crippen LogP contribution in [0, 0.1) is 10.1 Å². The molecule has 1 aromatic heterocycles. The lowest BCUT2D eigenvalue weighted by molar-refractivity contribution is -0.384. The fourth-order valence-electron chi connectivity index (χ4n) is 2.51. The van der Waals surface area contributed by atoms with Gasteiger partial charge in [-0.25, -0.2) is 19.6 Å². The Morgan fingerprint density at radius 1 is 0.970 bits per heavy atom. The Morgan fingerprint density at radius 2 is 1.55 bits per heavy atom. The summed E-state index contributed by atoms with van der Waals surface area (Å²) in [6.07, 6.45) is -0.236. The number of aliphatic imine (C=N–C) groups is 1. The Morgan fingerprint density at radius 3 is 2.06 bits per heavy atom. The van der Waals surface area contributed by atoms with Crippen molar-refractivity contribution >= 4 is 29.5 Å². The Balaban J connectivity index is 2.40. The number of benzene rings is 1. The first kappa shape index (κ1) is 25.2. The number of carbonyl (C=O) groups is 2. The minimum Gasteiger partial charge on any atom is -0.444 e. The van der Waals surface area contributed by atoms with E-state index in [1.807, 2.05) is 0 Å². The Labute approximate surface area is 191 Å². The van der Waals surface area contributed by atoms with Gasteiger partial charge in [-0.05, 0) is 59.7 Å². The first-order valence-electron chi connectivity index (χ1n) is 10.0.